The highest BCUT2D eigenvalue weighted by molar-refractivity contribution is 7.99. The molecule has 0 aliphatic heterocycles. The van der Waals surface area contributed by atoms with E-state index in [0.717, 1.165) is 11.3 Å². The van der Waals surface area contributed by atoms with Crippen molar-refractivity contribution in [2.24, 2.45) is 0 Å². The highest BCUT2D eigenvalue weighted by Crippen LogP contribution is 2.19. The third kappa shape index (κ3) is 2.31. The number of hydrogen-bond donors (Lipinski definition) is 1. The average Bonchev–Trinajstić information content (AvgIpc) is 2.06. The van der Waals surface area contributed by atoms with Crippen LogP contribution in [0.1, 0.15) is 12.5 Å². The summed E-state index contributed by atoms with van der Waals surface area (Å²) < 4.78 is 0. The molecular formula is C10H12OS. The Hall–Kier alpha value is -0.890. The average molecular weight is 180 g/mol. The van der Waals surface area contributed by atoms with Gasteiger partial charge in [-0.25, -0.2) is 0 Å². The van der Waals surface area contributed by atoms with Gasteiger partial charge in [0.2, 0.25) is 0 Å². The van der Waals surface area contributed by atoms with Crippen LogP contribution in [0.3, 0.4) is 0 Å². The van der Waals surface area contributed by atoms with Crippen molar-refractivity contribution in [1.29, 1.82) is 0 Å². The zero-order valence-corrected chi connectivity index (χ0v) is 7.90. The minimum Gasteiger partial charge on any atom is -0.508 e. The number of aliphatic hydroxyl groups excluding tert-OH is 1. The lowest BCUT2D eigenvalue weighted by Gasteiger charge is -2.00. The quantitative estimate of drug-likeness (QED) is 0.568. The third-order valence-corrected chi connectivity index (χ3v) is 2.39. The van der Waals surface area contributed by atoms with E-state index in [0.29, 0.717) is 0 Å². The summed E-state index contributed by atoms with van der Waals surface area (Å²) in [5, 5.41) is 9.04. The summed E-state index contributed by atoms with van der Waals surface area (Å²) in [5.74, 6) is 1.20. The Morgan fingerprint density at radius 3 is 2.42 bits per heavy atom. The molecular weight excluding hydrogens is 168 g/mol. The van der Waals surface area contributed by atoms with Gasteiger partial charge in [0.25, 0.3) is 0 Å². The Balaban J connectivity index is 2.78. The van der Waals surface area contributed by atoms with Crippen molar-refractivity contribution >= 4 is 17.5 Å². The minimum absolute atomic E-state index is 0.128. The van der Waals surface area contributed by atoms with E-state index in [-0.39, 0.29) is 5.76 Å². The van der Waals surface area contributed by atoms with Gasteiger partial charge in [0.05, 0.1) is 0 Å². The van der Waals surface area contributed by atoms with Gasteiger partial charge in [-0.3, -0.25) is 0 Å². The molecule has 1 nitrogen and oxygen atoms in total. The van der Waals surface area contributed by atoms with Crippen molar-refractivity contribution in [2.45, 2.75) is 11.8 Å². The van der Waals surface area contributed by atoms with Crippen LogP contribution in [0.15, 0.2) is 35.7 Å². The van der Waals surface area contributed by atoms with E-state index in [4.69, 9.17) is 5.11 Å². The molecule has 0 heterocycles. The summed E-state index contributed by atoms with van der Waals surface area (Å²) >= 11 is 1.78. The number of thioether (sulfide) groups is 1. The Kier molecular flexibility index (Phi) is 3.23. The summed E-state index contributed by atoms with van der Waals surface area (Å²) in [6, 6.07) is 7.73. The minimum atomic E-state index is 0.128. The molecule has 0 atom stereocenters. The van der Waals surface area contributed by atoms with Crippen molar-refractivity contribution in [1.82, 2.24) is 0 Å². The van der Waals surface area contributed by atoms with Gasteiger partial charge in [-0.1, -0.05) is 25.6 Å². The molecule has 0 aromatic heterocycles. The molecule has 0 radical (unpaired) electrons. The molecule has 0 saturated carbocycles. The van der Waals surface area contributed by atoms with Crippen molar-refractivity contribution in [2.75, 3.05) is 5.75 Å². The molecule has 1 aromatic rings. The molecule has 0 aliphatic carbocycles. The number of aliphatic hydroxyl groups is 1. The lowest BCUT2D eigenvalue weighted by atomic mass is 10.2. The molecule has 2 heteroatoms. The molecule has 64 valence electrons. The fourth-order valence-corrected chi connectivity index (χ4v) is 1.57. The number of hydrogen-bond acceptors (Lipinski definition) is 2. The second-order valence-corrected chi connectivity index (χ2v) is 3.74. The molecule has 0 bridgehead atoms. The maximum atomic E-state index is 9.04. The first-order valence-corrected chi connectivity index (χ1v) is 4.83. The standard InChI is InChI=1S/C10H12OS/c1-3-12-10-6-4-9(5-7-10)8(2)11/h4-7,11H,2-3H2,1H3. The smallest absolute Gasteiger partial charge is 0.115 e. The van der Waals surface area contributed by atoms with Crippen molar-refractivity contribution in [3.63, 3.8) is 0 Å². The summed E-state index contributed by atoms with van der Waals surface area (Å²) in [6.07, 6.45) is 0. The van der Waals surface area contributed by atoms with Crippen molar-refractivity contribution in [3.05, 3.63) is 36.4 Å². The second-order valence-electron chi connectivity index (χ2n) is 2.40. The Morgan fingerprint density at radius 1 is 1.42 bits per heavy atom. The molecule has 0 amide bonds. The van der Waals surface area contributed by atoms with E-state index in [1.165, 1.54) is 4.90 Å². The van der Waals surface area contributed by atoms with Crippen LogP contribution < -0.4 is 0 Å². The van der Waals surface area contributed by atoms with Crippen LogP contribution in [0.4, 0.5) is 0 Å². The Labute approximate surface area is 77.1 Å². The van der Waals surface area contributed by atoms with Gasteiger partial charge in [-0.05, 0) is 17.9 Å². The SMILES string of the molecule is C=C(O)c1ccc(SCC)cc1. The summed E-state index contributed by atoms with van der Waals surface area (Å²) in [7, 11) is 0. The van der Waals surface area contributed by atoms with Crippen LogP contribution in [0.25, 0.3) is 5.76 Å². The zero-order chi connectivity index (χ0) is 8.97. The largest absolute Gasteiger partial charge is 0.508 e. The second kappa shape index (κ2) is 4.21. The van der Waals surface area contributed by atoms with Crippen molar-refractivity contribution in [3.8, 4) is 0 Å². The van der Waals surface area contributed by atoms with Gasteiger partial charge in [0.1, 0.15) is 5.76 Å². The van der Waals surface area contributed by atoms with Crippen LogP contribution in [-0.4, -0.2) is 10.9 Å². The maximum absolute atomic E-state index is 9.04. The third-order valence-electron chi connectivity index (χ3n) is 1.50. The number of rotatable bonds is 3. The fraction of sp³-hybridized carbons (Fsp3) is 0.200. The molecule has 0 aliphatic rings. The number of benzene rings is 1. The summed E-state index contributed by atoms with van der Waals surface area (Å²) in [4.78, 5) is 1.22. The lowest BCUT2D eigenvalue weighted by molar-refractivity contribution is 0.514. The Bertz CT molecular complexity index is 264. The lowest BCUT2D eigenvalue weighted by Crippen LogP contribution is -1.80. The molecule has 0 saturated heterocycles. The van der Waals surface area contributed by atoms with Gasteiger partial charge in [-0.2, -0.15) is 0 Å². The van der Waals surface area contributed by atoms with E-state index in [2.05, 4.69) is 13.5 Å². The molecule has 1 rings (SSSR count). The first kappa shape index (κ1) is 9.20. The van der Waals surface area contributed by atoms with Crippen LogP contribution in [0.2, 0.25) is 0 Å². The molecule has 0 unspecified atom stereocenters. The van der Waals surface area contributed by atoms with Crippen LogP contribution in [0.5, 0.6) is 0 Å². The molecule has 0 fully saturated rings. The maximum Gasteiger partial charge on any atom is 0.115 e. The van der Waals surface area contributed by atoms with Crippen molar-refractivity contribution < 1.29 is 5.11 Å². The summed E-state index contributed by atoms with van der Waals surface area (Å²) in [5.41, 5.74) is 0.787. The monoisotopic (exact) mass is 180 g/mol. The fourth-order valence-electron chi connectivity index (χ4n) is 0.910. The highest BCUT2D eigenvalue weighted by Gasteiger charge is 1.95. The van der Waals surface area contributed by atoms with E-state index in [1.54, 1.807) is 11.8 Å². The predicted molar refractivity (Wildman–Crippen MR) is 54.5 cm³/mol. The normalized spacial score (nSPS) is 9.75. The molecule has 1 N–H and O–H groups in total. The van der Waals surface area contributed by atoms with Gasteiger partial charge in [-0.15, -0.1) is 11.8 Å². The van der Waals surface area contributed by atoms with E-state index in [9.17, 15) is 0 Å². The van der Waals surface area contributed by atoms with Crippen LogP contribution >= 0.6 is 11.8 Å². The predicted octanol–water partition coefficient (Wildman–Crippen LogP) is 3.33. The first-order chi connectivity index (χ1) is 5.74. The van der Waals surface area contributed by atoms with E-state index >= 15 is 0 Å². The molecule has 1 aromatic carbocycles. The topological polar surface area (TPSA) is 20.2 Å². The zero-order valence-electron chi connectivity index (χ0n) is 7.08. The van der Waals surface area contributed by atoms with Gasteiger partial charge in [0, 0.05) is 10.5 Å². The van der Waals surface area contributed by atoms with Gasteiger partial charge >= 0.3 is 0 Å². The Morgan fingerprint density at radius 2 is 2.00 bits per heavy atom. The molecule has 12 heavy (non-hydrogen) atoms. The van der Waals surface area contributed by atoms with E-state index < -0.39 is 0 Å². The molecule has 0 spiro atoms. The first-order valence-electron chi connectivity index (χ1n) is 3.85. The van der Waals surface area contributed by atoms with E-state index in [1.807, 2.05) is 24.3 Å². The summed E-state index contributed by atoms with van der Waals surface area (Å²) in [6.45, 7) is 5.56. The van der Waals surface area contributed by atoms with Gasteiger partial charge < -0.3 is 5.11 Å². The van der Waals surface area contributed by atoms with Crippen LogP contribution in [-0.2, 0) is 0 Å². The van der Waals surface area contributed by atoms with Gasteiger partial charge in [0.15, 0.2) is 0 Å². The highest BCUT2D eigenvalue weighted by atomic mass is 32.2. The van der Waals surface area contributed by atoms with Crippen LogP contribution in [0, 0.1) is 0 Å².